The van der Waals surface area contributed by atoms with Gasteiger partial charge < -0.3 is 5.32 Å². The second kappa shape index (κ2) is 8.82. The van der Waals surface area contributed by atoms with E-state index < -0.39 is 0 Å². The molecule has 0 spiro atoms. The van der Waals surface area contributed by atoms with E-state index in [4.69, 9.17) is 23.2 Å². The van der Waals surface area contributed by atoms with Gasteiger partial charge in [-0.05, 0) is 43.2 Å². The minimum absolute atomic E-state index is 0.0175. The second-order valence-electron chi connectivity index (χ2n) is 7.00. The summed E-state index contributed by atoms with van der Waals surface area (Å²) in [5.74, 6) is 0. The van der Waals surface area contributed by atoms with Gasteiger partial charge >= 0.3 is 0 Å². The number of nitro groups is 1. The van der Waals surface area contributed by atoms with Crippen molar-refractivity contribution in [2.45, 2.75) is 26.4 Å². The number of hydrogen-bond donors (Lipinski definition) is 1. The summed E-state index contributed by atoms with van der Waals surface area (Å²) in [6.45, 7) is 5.91. The molecule has 0 aromatic heterocycles. The van der Waals surface area contributed by atoms with Crippen molar-refractivity contribution >= 4 is 50.5 Å². The number of nitro benzene ring substituents is 1. The zero-order valence-electron chi connectivity index (χ0n) is 15.5. The fraction of sp³-hybridized carbons (Fsp3) is 0.300. The van der Waals surface area contributed by atoms with E-state index in [1.54, 1.807) is 6.07 Å². The predicted octanol–water partition coefficient (Wildman–Crippen LogP) is 6.60. The van der Waals surface area contributed by atoms with Gasteiger partial charge in [-0.2, -0.15) is 0 Å². The fourth-order valence-corrected chi connectivity index (χ4v) is 4.12. The van der Waals surface area contributed by atoms with Gasteiger partial charge in [0.05, 0.1) is 21.0 Å². The highest BCUT2D eigenvalue weighted by molar-refractivity contribution is 9.10. The third-order valence-corrected chi connectivity index (χ3v) is 5.91. The van der Waals surface area contributed by atoms with Crippen molar-refractivity contribution in [3.63, 3.8) is 0 Å². The van der Waals surface area contributed by atoms with E-state index in [0.717, 1.165) is 11.1 Å². The predicted molar refractivity (Wildman–Crippen MR) is 118 cm³/mol. The monoisotopic (exact) mass is 483 g/mol. The van der Waals surface area contributed by atoms with Gasteiger partial charge in [-0.15, -0.1) is 0 Å². The van der Waals surface area contributed by atoms with Gasteiger partial charge in [-0.3, -0.25) is 15.0 Å². The molecule has 148 valence electrons. The summed E-state index contributed by atoms with van der Waals surface area (Å²) in [6, 6.07) is 9.06. The normalized spacial score (nSPS) is 16.7. The molecule has 2 aromatic carbocycles. The molecule has 0 saturated carbocycles. The van der Waals surface area contributed by atoms with Gasteiger partial charge in [0.2, 0.25) is 0 Å². The van der Waals surface area contributed by atoms with E-state index in [1.165, 1.54) is 11.6 Å². The summed E-state index contributed by atoms with van der Waals surface area (Å²) in [5.41, 5.74) is 3.74. The first kappa shape index (κ1) is 21.1. The van der Waals surface area contributed by atoms with E-state index in [-0.39, 0.29) is 16.7 Å². The number of anilines is 1. The molecule has 1 atom stereocenters. The summed E-state index contributed by atoms with van der Waals surface area (Å²) in [6.07, 6.45) is 2.15. The Morgan fingerprint density at radius 3 is 2.71 bits per heavy atom. The first-order valence-corrected chi connectivity index (χ1v) is 10.3. The van der Waals surface area contributed by atoms with Crippen LogP contribution in [0.3, 0.4) is 0 Å². The number of allylic oxidation sites excluding steroid dienone is 1. The van der Waals surface area contributed by atoms with E-state index in [9.17, 15) is 10.1 Å². The van der Waals surface area contributed by atoms with Gasteiger partial charge in [0.25, 0.3) is 5.69 Å². The summed E-state index contributed by atoms with van der Waals surface area (Å²) in [7, 11) is 0. The number of fused-ring (bicyclic) bond motifs is 1. The Bertz CT molecular complexity index is 945. The van der Waals surface area contributed by atoms with E-state index in [2.05, 4.69) is 46.1 Å². The summed E-state index contributed by atoms with van der Waals surface area (Å²) < 4.78 is 0.690. The molecule has 1 heterocycles. The van der Waals surface area contributed by atoms with Crippen LogP contribution in [-0.2, 0) is 6.54 Å². The van der Waals surface area contributed by atoms with Crippen LogP contribution in [0.2, 0.25) is 10.0 Å². The minimum atomic E-state index is -0.351. The Balaban J connectivity index is 2.06. The summed E-state index contributed by atoms with van der Waals surface area (Å²) in [4.78, 5) is 13.5. The summed E-state index contributed by atoms with van der Waals surface area (Å²) in [5, 5.41) is 15.9. The van der Waals surface area contributed by atoms with Gasteiger partial charge in [-0.1, -0.05) is 56.8 Å². The zero-order valence-corrected chi connectivity index (χ0v) is 18.6. The van der Waals surface area contributed by atoms with Crippen molar-refractivity contribution in [3.8, 4) is 0 Å². The zero-order chi connectivity index (χ0) is 20.4. The van der Waals surface area contributed by atoms with Crippen molar-refractivity contribution in [1.82, 2.24) is 4.90 Å². The molecule has 3 rings (SSSR count). The lowest BCUT2D eigenvalue weighted by molar-refractivity contribution is -0.384. The second-order valence-corrected chi connectivity index (χ2v) is 8.73. The van der Waals surface area contributed by atoms with E-state index in [0.29, 0.717) is 39.8 Å². The van der Waals surface area contributed by atoms with Crippen LogP contribution in [0.1, 0.15) is 31.0 Å². The first-order valence-electron chi connectivity index (χ1n) is 8.79. The van der Waals surface area contributed by atoms with Gasteiger partial charge in [-0.25, -0.2) is 0 Å². The van der Waals surface area contributed by atoms with Crippen molar-refractivity contribution in [1.29, 1.82) is 0 Å². The van der Waals surface area contributed by atoms with Crippen LogP contribution in [0, 0.1) is 10.1 Å². The lowest BCUT2D eigenvalue weighted by Crippen LogP contribution is -2.31. The lowest BCUT2D eigenvalue weighted by Gasteiger charge is -2.29. The van der Waals surface area contributed by atoms with Gasteiger partial charge in [0, 0.05) is 30.2 Å². The third-order valence-electron chi connectivity index (χ3n) is 4.71. The number of hydrogen-bond acceptors (Lipinski definition) is 4. The van der Waals surface area contributed by atoms with E-state index in [1.807, 2.05) is 18.2 Å². The molecule has 0 aliphatic carbocycles. The van der Waals surface area contributed by atoms with Crippen molar-refractivity contribution in [2.24, 2.45) is 0 Å². The Kier molecular flexibility index (Phi) is 6.65. The highest BCUT2D eigenvalue weighted by atomic mass is 79.9. The highest BCUT2D eigenvalue weighted by Crippen LogP contribution is 2.38. The molecule has 5 nitrogen and oxygen atoms in total. The maximum Gasteiger partial charge on any atom is 0.293 e. The third kappa shape index (κ3) is 4.69. The fourth-order valence-electron chi connectivity index (χ4n) is 3.32. The average Bonchev–Trinajstić information content (AvgIpc) is 2.80. The number of nitrogens with zero attached hydrogens (tertiary/aromatic N) is 2. The van der Waals surface area contributed by atoms with E-state index >= 15 is 0 Å². The number of nitrogens with one attached hydrogen (secondary N) is 1. The molecule has 2 aromatic rings. The van der Waals surface area contributed by atoms with Gasteiger partial charge in [0.1, 0.15) is 5.69 Å². The standard InChI is InChI=1S/C20H20BrCl2N3O2/c1-12(2)5-6-25-11-14-7-15(21)9-18(26(27)28)20(14)24-10-19(25)13-3-4-16(22)17(23)8-13/h3-5,7-9,19,24H,6,10-11H2,1-2H3. The highest BCUT2D eigenvalue weighted by Gasteiger charge is 2.29. The van der Waals surface area contributed by atoms with Crippen LogP contribution in [-0.4, -0.2) is 22.9 Å². The quantitative estimate of drug-likeness (QED) is 0.301. The Morgan fingerprint density at radius 1 is 1.32 bits per heavy atom. The van der Waals surface area contributed by atoms with Crippen LogP contribution in [0.25, 0.3) is 0 Å². The first-order chi connectivity index (χ1) is 13.3. The molecule has 8 heteroatoms. The largest absolute Gasteiger partial charge is 0.377 e. The maximum atomic E-state index is 11.6. The lowest BCUT2D eigenvalue weighted by atomic mass is 10.0. The molecule has 0 bridgehead atoms. The molecule has 0 fully saturated rings. The number of halogens is 3. The Hall–Kier alpha value is -1.60. The SMILES string of the molecule is CC(C)=CCN1Cc2cc(Br)cc([N+](=O)[O-])c2NCC1c1ccc(Cl)c(Cl)c1. The Morgan fingerprint density at radius 2 is 2.07 bits per heavy atom. The van der Waals surface area contributed by atoms with Crippen molar-refractivity contribution in [2.75, 3.05) is 18.4 Å². The molecule has 28 heavy (non-hydrogen) atoms. The van der Waals surface area contributed by atoms with Crippen LogP contribution in [0.4, 0.5) is 11.4 Å². The maximum absolute atomic E-state index is 11.6. The van der Waals surface area contributed by atoms with Crippen LogP contribution < -0.4 is 5.32 Å². The molecule has 0 saturated heterocycles. The molecule has 1 aliphatic heterocycles. The Labute approximate surface area is 182 Å². The van der Waals surface area contributed by atoms with Crippen LogP contribution >= 0.6 is 39.1 Å². The van der Waals surface area contributed by atoms with Crippen molar-refractivity contribution in [3.05, 3.63) is 77.7 Å². The average molecular weight is 485 g/mol. The molecular weight excluding hydrogens is 465 g/mol. The molecule has 1 aliphatic rings. The molecule has 0 amide bonds. The smallest absolute Gasteiger partial charge is 0.293 e. The molecule has 1 unspecified atom stereocenters. The minimum Gasteiger partial charge on any atom is -0.377 e. The van der Waals surface area contributed by atoms with Gasteiger partial charge in [0.15, 0.2) is 0 Å². The van der Waals surface area contributed by atoms with Crippen LogP contribution in [0.5, 0.6) is 0 Å². The summed E-state index contributed by atoms with van der Waals surface area (Å²) >= 11 is 15.7. The topological polar surface area (TPSA) is 58.4 Å². The molecule has 0 radical (unpaired) electrons. The van der Waals surface area contributed by atoms with Crippen LogP contribution in [0.15, 0.2) is 46.5 Å². The number of rotatable bonds is 4. The molecule has 1 N–H and O–H groups in total. The van der Waals surface area contributed by atoms with Crippen molar-refractivity contribution < 1.29 is 4.92 Å². The molecular formula is C20H20BrCl2N3O2. The number of benzene rings is 2.